The minimum absolute atomic E-state index is 0.536. The van der Waals surface area contributed by atoms with Crippen molar-refractivity contribution in [1.82, 2.24) is 14.9 Å². The first-order chi connectivity index (χ1) is 13.5. The Morgan fingerprint density at radius 3 is 2.75 bits per heavy atom. The van der Waals surface area contributed by atoms with Crippen molar-refractivity contribution in [3.63, 3.8) is 0 Å². The van der Waals surface area contributed by atoms with Gasteiger partial charge < -0.3 is 15.0 Å². The van der Waals surface area contributed by atoms with Crippen molar-refractivity contribution in [1.29, 1.82) is 5.26 Å². The van der Waals surface area contributed by atoms with E-state index in [9.17, 15) is 5.26 Å². The number of rotatable bonds is 7. The molecule has 0 unspecified atom stereocenters. The summed E-state index contributed by atoms with van der Waals surface area (Å²) in [5, 5.41) is 13.9. The second-order valence-electron chi connectivity index (χ2n) is 7.14. The maximum atomic E-state index is 9.54. The summed E-state index contributed by atoms with van der Waals surface area (Å²) in [6.45, 7) is 6.07. The van der Waals surface area contributed by atoms with Gasteiger partial charge >= 0.3 is 0 Å². The number of ether oxygens (including phenoxy) is 1. The lowest BCUT2D eigenvalue weighted by Crippen LogP contribution is -2.19. The molecule has 0 atom stereocenters. The van der Waals surface area contributed by atoms with Crippen molar-refractivity contribution in [2.24, 2.45) is 0 Å². The van der Waals surface area contributed by atoms with Crippen molar-refractivity contribution in [2.45, 2.75) is 20.4 Å². The molecule has 3 aromatic rings. The number of benzene rings is 1. The highest BCUT2D eigenvalue weighted by Crippen LogP contribution is 2.29. The zero-order chi connectivity index (χ0) is 20.1. The number of anilines is 1. The molecule has 0 bridgehead atoms. The van der Waals surface area contributed by atoms with E-state index in [1.165, 1.54) is 0 Å². The normalized spacial score (nSPS) is 10.9. The Bertz CT molecular complexity index is 1020. The molecule has 3 rings (SSSR count). The van der Waals surface area contributed by atoms with Crippen molar-refractivity contribution in [3.05, 3.63) is 58.9 Å². The molecule has 144 valence electrons. The maximum Gasteiger partial charge on any atom is 0.213 e. The van der Waals surface area contributed by atoms with Crippen LogP contribution >= 0.6 is 0 Å². The predicted molar refractivity (Wildman–Crippen MR) is 112 cm³/mol. The van der Waals surface area contributed by atoms with Gasteiger partial charge in [-0.1, -0.05) is 11.6 Å². The molecule has 0 saturated heterocycles. The number of nitriles is 1. The SMILES string of the molecule is Cc1cc(C)c2ncc(C#N)c(NCc3ccnc(OCCN(C)C)c3)c2c1. The zero-order valence-corrected chi connectivity index (χ0v) is 16.8. The van der Waals surface area contributed by atoms with Gasteiger partial charge in [-0.25, -0.2) is 4.98 Å². The molecule has 28 heavy (non-hydrogen) atoms. The Morgan fingerprint density at radius 1 is 1.18 bits per heavy atom. The Morgan fingerprint density at radius 2 is 2.00 bits per heavy atom. The van der Waals surface area contributed by atoms with Crippen LogP contribution in [-0.4, -0.2) is 42.1 Å². The number of hydrogen-bond donors (Lipinski definition) is 1. The summed E-state index contributed by atoms with van der Waals surface area (Å²) in [6, 6.07) is 10.3. The summed E-state index contributed by atoms with van der Waals surface area (Å²) in [6.07, 6.45) is 3.38. The molecule has 1 N–H and O–H groups in total. The molecule has 0 amide bonds. The molecular weight excluding hydrogens is 350 g/mol. The van der Waals surface area contributed by atoms with E-state index >= 15 is 0 Å². The molecule has 0 spiro atoms. The molecule has 0 aliphatic rings. The number of aryl methyl sites for hydroxylation is 2. The summed E-state index contributed by atoms with van der Waals surface area (Å²) < 4.78 is 5.71. The van der Waals surface area contributed by atoms with Crippen LogP contribution in [0, 0.1) is 25.2 Å². The lowest BCUT2D eigenvalue weighted by Gasteiger charge is -2.14. The van der Waals surface area contributed by atoms with Crippen LogP contribution < -0.4 is 10.1 Å². The number of hydrogen-bond acceptors (Lipinski definition) is 6. The van der Waals surface area contributed by atoms with Gasteiger partial charge in [-0.05, 0) is 51.2 Å². The van der Waals surface area contributed by atoms with Crippen molar-refractivity contribution >= 4 is 16.6 Å². The number of aromatic nitrogens is 2. The van der Waals surface area contributed by atoms with Crippen molar-refractivity contribution in [3.8, 4) is 11.9 Å². The second kappa shape index (κ2) is 8.68. The van der Waals surface area contributed by atoms with E-state index in [-0.39, 0.29) is 0 Å². The summed E-state index contributed by atoms with van der Waals surface area (Å²) in [5.41, 5.74) is 5.54. The number of fused-ring (bicyclic) bond motifs is 1. The van der Waals surface area contributed by atoms with Gasteiger partial charge in [0, 0.05) is 36.9 Å². The van der Waals surface area contributed by atoms with Gasteiger partial charge in [0.1, 0.15) is 12.7 Å². The van der Waals surface area contributed by atoms with E-state index in [4.69, 9.17) is 4.74 Å². The summed E-state index contributed by atoms with van der Waals surface area (Å²) in [5.74, 6) is 0.605. The van der Waals surface area contributed by atoms with Crippen LogP contribution in [0.3, 0.4) is 0 Å². The van der Waals surface area contributed by atoms with Gasteiger partial charge in [0.05, 0.1) is 16.8 Å². The van der Waals surface area contributed by atoms with Gasteiger partial charge in [-0.3, -0.25) is 4.98 Å². The fourth-order valence-electron chi connectivity index (χ4n) is 3.10. The molecule has 2 heterocycles. The van der Waals surface area contributed by atoms with E-state index in [0.29, 0.717) is 24.6 Å². The molecule has 6 nitrogen and oxygen atoms in total. The Kier molecular flexibility index (Phi) is 6.07. The fourth-order valence-corrected chi connectivity index (χ4v) is 3.10. The molecule has 1 aromatic carbocycles. The van der Waals surface area contributed by atoms with Crippen LogP contribution in [0.1, 0.15) is 22.3 Å². The maximum absolute atomic E-state index is 9.54. The van der Waals surface area contributed by atoms with Crippen LogP contribution in [0.25, 0.3) is 10.9 Å². The van der Waals surface area contributed by atoms with Crippen LogP contribution in [0.4, 0.5) is 5.69 Å². The second-order valence-corrected chi connectivity index (χ2v) is 7.14. The smallest absolute Gasteiger partial charge is 0.213 e. The lowest BCUT2D eigenvalue weighted by molar-refractivity contribution is 0.253. The highest BCUT2D eigenvalue weighted by molar-refractivity contribution is 5.96. The highest BCUT2D eigenvalue weighted by atomic mass is 16.5. The molecule has 0 aliphatic heterocycles. The summed E-state index contributed by atoms with van der Waals surface area (Å²) >= 11 is 0. The number of pyridine rings is 2. The first-order valence-corrected chi connectivity index (χ1v) is 9.24. The minimum atomic E-state index is 0.536. The van der Waals surface area contributed by atoms with Crippen molar-refractivity contribution < 1.29 is 4.74 Å². The Balaban J connectivity index is 1.83. The van der Waals surface area contributed by atoms with E-state index in [2.05, 4.69) is 45.3 Å². The molecule has 0 saturated carbocycles. The standard InChI is InChI=1S/C22H25N5O/c1-15-9-16(2)21-19(10-15)22(18(12-23)14-26-21)25-13-17-5-6-24-20(11-17)28-8-7-27(3)4/h5-6,9-11,14H,7-8,13H2,1-4H3,(H,25,26). The van der Waals surface area contributed by atoms with E-state index < -0.39 is 0 Å². The molecule has 0 fully saturated rings. The van der Waals surface area contributed by atoms with E-state index in [1.807, 2.05) is 33.2 Å². The van der Waals surface area contributed by atoms with E-state index in [0.717, 1.165) is 39.8 Å². The summed E-state index contributed by atoms with van der Waals surface area (Å²) in [4.78, 5) is 10.8. The van der Waals surface area contributed by atoms with Gasteiger partial charge in [-0.2, -0.15) is 5.26 Å². The van der Waals surface area contributed by atoms with Crippen LogP contribution in [0.15, 0.2) is 36.7 Å². The van der Waals surface area contributed by atoms with Gasteiger partial charge in [-0.15, -0.1) is 0 Å². The third kappa shape index (κ3) is 4.56. The molecular formula is C22H25N5O. The number of nitrogens with one attached hydrogen (secondary N) is 1. The molecule has 0 radical (unpaired) electrons. The minimum Gasteiger partial charge on any atom is -0.476 e. The van der Waals surface area contributed by atoms with Gasteiger partial charge in [0.15, 0.2) is 0 Å². The molecule has 0 aliphatic carbocycles. The number of likely N-dealkylation sites (N-methyl/N-ethyl adjacent to an activating group) is 1. The lowest BCUT2D eigenvalue weighted by atomic mass is 10.0. The monoisotopic (exact) mass is 375 g/mol. The third-order valence-electron chi connectivity index (χ3n) is 4.48. The largest absolute Gasteiger partial charge is 0.476 e. The average molecular weight is 375 g/mol. The van der Waals surface area contributed by atoms with E-state index in [1.54, 1.807) is 12.4 Å². The van der Waals surface area contributed by atoms with Crippen molar-refractivity contribution in [2.75, 3.05) is 32.6 Å². The Hall–Kier alpha value is -3.17. The quantitative estimate of drug-likeness (QED) is 0.679. The van der Waals surface area contributed by atoms with Crippen LogP contribution in [0.5, 0.6) is 5.88 Å². The predicted octanol–water partition coefficient (Wildman–Crippen LogP) is 3.67. The van der Waals surface area contributed by atoms with Gasteiger partial charge in [0.2, 0.25) is 5.88 Å². The van der Waals surface area contributed by atoms with Crippen LogP contribution in [-0.2, 0) is 6.54 Å². The highest BCUT2D eigenvalue weighted by Gasteiger charge is 2.11. The van der Waals surface area contributed by atoms with Crippen LogP contribution in [0.2, 0.25) is 0 Å². The Labute approximate surface area is 165 Å². The topological polar surface area (TPSA) is 74.1 Å². The fraction of sp³-hybridized carbons (Fsp3) is 0.318. The van der Waals surface area contributed by atoms with Gasteiger partial charge in [0.25, 0.3) is 0 Å². The molecule has 2 aromatic heterocycles. The third-order valence-corrected chi connectivity index (χ3v) is 4.48. The molecule has 6 heteroatoms. The zero-order valence-electron chi connectivity index (χ0n) is 16.8. The first-order valence-electron chi connectivity index (χ1n) is 9.24. The first kappa shape index (κ1) is 19.6. The number of nitrogens with zero attached hydrogens (tertiary/aromatic N) is 4. The summed E-state index contributed by atoms with van der Waals surface area (Å²) in [7, 11) is 4.01. The average Bonchev–Trinajstić information content (AvgIpc) is 2.66.